The quantitative estimate of drug-likeness (QED) is 0.157. The van der Waals surface area contributed by atoms with Crippen LogP contribution in [0.5, 0.6) is 0 Å². The number of rotatable bonds is 0. The van der Waals surface area contributed by atoms with Crippen LogP contribution in [0.25, 0.3) is 132 Å². The fraction of sp³-hybridized carbons (Fsp3) is 0.400. The minimum atomic E-state index is -0.151. The summed E-state index contributed by atoms with van der Waals surface area (Å²) in [5, 5.41) is 12.2. The van der Waals surface area contributed by atoms with Crippen LogP contribution in [-0.4, -0.2) is 39.9 Å². The molecule has 0 radical (unpaired) electrons. The monoisotopic (exact) mass is 1160 g/mol. The third-order valence-electron chi connectivity index (χ3n) is 18.8. The fourth-order valence-corrected chi connectivity index (χ4v) is 14.2. The largest absolute Gasteiger partial charge is 0.324 e. The van der Waals surface area contributed by atoms with Gasteiger partial charge in [-0.3, -0.25) is 0 Å². The SMILES string of the molecule is CC(C)(C)c1cc(C(C)(C)C)c2cc3c4nc5nc(nc6[nH]c(nc7nc(nc([nH]4)c3ccc1-2)c1cc2c(C(C)(C)C)cc(C(C)(C)C)c2ccc71)c1cc2c(C(C)(C)C)cc(C(C)(C)C)c-2ccc61)c1cc2c(C(C)(C)C)cc(C(C)(C)C)c2ccc51. The van der Waals surface area contributed by atoms with Gasteiger partial charge < -0.3 is 9.97 Å². The Labute approximate surface area is 520 Å². The molecule has 88 heavy (non-hydrogen) atoms. The summed E-state index contributed by atoms with van der Waals surface area (Å²) in [6.45, 7) is 55.6. The van der Waals surface area contributed by atoms with E-state index in [0.717, 1.165) is 43.1 Å². The van der Waals surface area contributed by atoms with Gasteiger partial charge in [0.05, 0.1) is 0 Å². The number of H-pyrrole nitrogens is 2. The first-order chi connectivity index (χ1) is 40.6. The standard InChI is InChI=1S/C80H90N8/c1-73(2,3)57-37-61(77(13,14)15)49-33-53-45(29-25-41(49)57)65-81-69(53)86-66-46-30-26-42-51(63(79(19,20)21)39-58(42)74(4,5)6)35-55(46)71(82-66)88-68-48-32-28-44-52(64(80(22,23)24)40-60(44)76(10,11)12)36-56(48)72(84-68)87-67-47-31-27-43-50(34-54(47)70(83-67)85-65)62(78(16,17)18)38-59(43)75(7,8)9/h25-40H,1-24H3,(H2,81,82,83,84,85,86,87,88). The van der Waals surface area contributed by atoms with Gasteiger partial charge in [-0.2, -0.15) is 0 Å². The van der Waals surface area contributed by atoms with Crippen LogP contribution < -0.4 is 0 Å². The number of fused-ring (bicyclic) bond motifs is 24. The van der Waals surface area contributed by atoms with E-state index in [1.165, 1.54) is 88.3 Å². The molecule has 0 saturated heterocycles. The van der Waals surface area contributed by atoms with E-state index in [1.54, 1.807) is 0 Å². The van der Waals surface area contributed by atoms with Crippen molar-refractivity contribution in [1.29, 1.82) is 0 Å². The number of nitrogens with one attached hydrogen (secondary N) is 2. The Morgan fingerprint density at radius 1 is 0.193 bits per heavy atom. The van der Waals surface area contributed by atoms with Gasteiger partial charge >= 0.3 is 0 Å². The number of hydrogen-bond donors (Lipinski definition) is 2. The first kappa shape index (κ1) is 59.1. The van der Waals surface area contributed by atoms with Gasteiger partial charge in [-0.1, -0.05) is 215 Å². The van der Waals surface area contributed by atoms with Crippen molar-refractivity contribution in [1.82, 2.24) is 39.9 Å². The average molecular weight is 1160 g/mol. The summed E-state index contributed by atoms with van der Waals surface area (Å²) in [5.74, 6) is 0. The molecule has 0 aliphatic heterocycles. The summed E-state index contributed by atoms with van der Waals surface area (Å²) in [7, 11) is 0. The Balaban J connectivity index is 1.31. The molecular formula is C80H90N8. The van der Waals surface area contributed by atoms with Gasteiger partial charge in [0.25, 0.3) is 0 Å². The summed E-state index contributed by atoms with van der Waals surface area (Å²) < 4.78 is 0. The zero-order valence-electron chi connectivity index (χ0n) is 56.9. The highest BCUT2D eigenvalue weighted by molar-refractivity contribution is 6.15. The molecule has 4 aliphatic carbocycles. The third kappa shape index (κ3) is 9.60. The van der Waals surface area contributed by atoms with Crippen LogP contribution >= 0.6 is 0 Å². The maximum Gasteiger partial charge on any atom is 0.164 e. The first-order valence-electron chi connectivity index (χ1n) is 31.9. The normalized spacial score (nSPS) is 13.9. The van der Waals surface area contributed by atoms with Gasteiger partial charge in [-0.15, -0.1) is 0 Å². The molecule has 13 rings (SSSR count). The second-order valence-electron chi connectivity index (χ2n) is 34.0. The van der Waals surface area contributed by atoms with E-state index in [1.807, 2.05) is 0 Å². The van der Waals surface area contributed by atoms with Gasteiger partial charge in [-0.05, 0) is 180 Å². The third-order valence-corrected chi connectivity index (χ3v) is 18.8. The van der Waals surface area contributed by atoms with Gasteiger partial charge in [0.1, 0.15) is 22.6 Å². The van der Waals surface area contributed by atoms with Crippen LogP contribution in [0.3, 0.4) is 0 Å². The Hall–Kier alpha value is -7.84. The zero-order chi connectivity index (χ0) is 63.4. The molecule has 2 N–H and O–H groups in total. The number of aromatic amines is 2. The lowest BCUT2D eigenvalue weighted by molar-refractivity contribution is 0.580. The summed E-state index contributed by atoms with van der Waals surface area (Å²) in [4.78, 5) is 42.0. The van der Waals surface area contributed by atoms with Gasteiger partial charge in [0.2, 0.25) is 0 Å². The van der Waals surface area contributed by atoms with Crippen LogP contribution in [0.4, 0.5) is 0 Å². The highest BCUT2D eigenvalue weighted by atomic mass is 15.0. The lowest BCUT2D eigenvalue weighted by Crippen LogP contribution is -2.12. The molecule has 0 saturated carbocycles. The molecule has 4 aromatic carbocycles. The van der Waals surface area contributed by atoms with E-state index < -0.39 is 0 Å². The average Bonchev–Trinajstić information content (AvgIpc) is 4.01. The molecule has 0 fully saturated rings. The highest BCUT2D eigenvalue weighted by Crippen LogP contribution is 2.49. The van der Waals surface area contributed by atoms with Gasteiger partial charge in [0, 0.05) is 43.1 Å². The molecule has 0 atom stereocenters. The van der Waals surface area contributed by atoms with Crippen molar-refractivity contribution in [2.24, 2.45) is 0 Å². The van der Waals surface area contributed by atoms with E-state index in [0.29, 0.717) is 45.2 Å². The van der Waals surface area contributed by atoms with Crippen molar-refractivity contribution in [3.8, 4) is 22.3 Å². The molecule has 4 aliphatic rings. The predicted octanol–water partition coefficient (Wildman–Crippen LogP) is 22.0. The highest BCUT2D eigenvalue weighted by Gasteiger charge is 2.33. The molecule has 0 unspecified atom stereocenters. The molecule has 8 heteroatoms. The van der Waals surface area contributed by atoms with Crippen LogP contribution in [0.1, 0.15) is 211 Å². The summed E-state index contributed by atoms with van der Waals surface area (Å²) >= 11 is 0. The Morgan fingerprint density at radius 2 is 0.432 bits per heavy atom. The molecule has 9 aromatic rings. The van der Waals surface area contributed by atoms with Crippen molar-refractivity contribution in [2.75, 3.05) is 0 Å². The topological polar surface area (TPSA) is 109 Å². The second-order valence-corrected chi connectivity index (χ2v) is 34.0. The summed E-state index contributed by atoms with van der Waals surface area (Å²) in [6.07, 6.45) is 0. The van der Waals surface area contributed by atoms with Crippen molar-refractivity contribution >= 4 is 110 Å². The lowest BCUT2D eigenvalue weighted by atomic mass is 9.85. The van der Waals surface area contributed by atoms with E-state index in [4.69, 9.17) is 29.9 Å². The van der Waals surface area contributed by atoms with Crippen molar-refractivity contribution in [3.63, 3.8) is 0 Å². The molecule has 450 valence electrons. The smallest absolute Gasteiger partial charge is 0.164 e. The Kier molecular flexibility index (Phi) is 12.7. The Bertz CT molecular complexity index is 4820. The van der Waals surface area contributed by atoms with E-state index in [2.05, 4.69) is 273 Å². The van der Waals surface area contributed by atoms with Crippen molar-refractivity contribution < 1.29 is 0 Å². The van der Waals surface area contributed by atoms with Crippen LogP contribution in [0.2, 0.25) is 0 Å². The molecule has 8 bridgehead atoms. The summed E-state index contributed by atoms with van der Waals surface area (Å²) in [5.41, 5.74) is 19.1. The number of nitrogens with zero attached hydrogens (tertiary/aromatic N) is 6. The lowest BCUT2D eigenvalue weighted by Gasteiger charge is -2.19. The molecule has 0 amide bonds. The first-order valence-corrected chi connectivity index (χ1v) is 31.9. The minimum absolute atomic E-state index is 0.114. The van der Waals surface area contributed by atoms with E-state index in [9.17, 15) is 0 Å². The summed E-state index contributed by atoms with van der Waals surface area (Å²) in [6, 6.07) is 37.4. The van der Waals surface area contributed by atoms with Crippen LogP contribution in [0, 0.1) is 0 Å². The predicted molar refractivity (Wildman–Crippen MR) is 377 cm³/mol. The molecule has 8 nitrogen and oxygen atoms in total. The zero-order valence-corrected chi connectivity index (χ0v) is 56.9. The van der Waals surface area contributed by atoms with E-state index >= 15 is 0 Å². The number of aromatic nitrogens is 8. The fourth-order valence-electron chi connectivity index (χ4n) is 14.2. The van der Waals surface area contributed by atoms with Crippen LogP contribution in [-0.2, 0) is 43.3 Å². The number of hydrogen-bond acceptors (Lipinski definition) is 6. The van der Waals surface area contributed by atoms with Gasteiger partial charge in [-0.25, -0.2) is 29.9 Å². The maximum absolute atomic E-state index is 5.76. The second kappa shape index (κ2) is 18.9. The molecule has 5 heterocycles. The van der Waals surface area contributed by atoms with Gasteiger partial charge in [0.15, 0.2) is 22.6 Å². The van der Waals surface area contributed by atoms with Crippen molar-refractivity contribution in [2.45, 2.75) is 209 Å². The van der Waals surface area contributed by atoms with Crippen molar-refractivity contribution in [3.05, 3.63) is 142 Å². The molecular weight excluding hydrogens is 1070 g/mol. The van der Waals surface area contributed by atoms with E-state index in [-0.39, 0.29) is 43.3 Å². The van der Waals surface area contributed by atoms with Crippen LogP contribution in [0.15, 0.2) is 97.1 Å². The Morgan fingerprint density at radius 3 is 0.739 bits per heavy atom. The molecule has 5 aromatic heterocycles. The maximum atomic E-state index is 5.76. The molecule has 0 spiro atoms. The minimum Gasteiger partial charge on any atom is -0.324 e.